The Morgan fingerprint density at radius 1 is 1.29 bits per heavy atom. The van der Waals surface area contributed by atoms with E-state index in [-0.39, 0.29) is 0 Å². The van der Waals surface area contributed by atoms with Crippen molar-refractivity contribution in [2.24, 2.45) is 10.9 Å². The zero-order valence-corrected chi connectivity index (χ0v) is 15.4. The van der Waals surface area contributed by atoms with Gasteiger partial charge in [-0.15, -0.1) is 0 Å². The summed E-state index contributed by atoms with van der Waals surface area (Å²) in [4.78, 5) is 7.45. The molecule has 1 heterocycles. The lowest BCUT2D eigenvalue weighted by Gasteiger charge is -2.15. The van der Waals surface area contributed by atoms with Gasteiger partial charge < -0.3 is 15.5 Å². The molecular formula is C19H29ClN4. The molecule has 1 atom stereocenters. The Morgan fingerprint density at radius 2 is 2.17 bits per heavy atom. The molecule has 3 rings (SSSR count). The number of rotatable bonds is 7. The Hall–Kier alpha value is -1.26. The molecular weight excluding hydrogens is 320 g/mol. The van der Waals surface area contributed by atoms with E-state index in [0.29, 0.717) is 5.92 Å². The van der Waals surface area contributed by atoms with E-state index in [1.165, 1.54) is 37.9 Å². The van der Waals surface area contributed by atoms with E-state index in [4.69, 9.17) is 16.6 Å². The summed E-state index contributed by atoms with van der Waals surface area (Å²) >= 11 is 6.04. The first-order valence-electron chi connectivity index (χ1n) is 9.25. The number of aliphatic imine (C=N–C) groups is 1. The van der Waals surface area contributed by atoms with Gasteiger partial charge in [-0.25, -0.2) is 0 Å². The first-order chi connectivity index (χ1) is 11.7. The predicted molar refractivity (Wildman–Crippen MR) is 102 cm³/mol. The molecule has 0 amide bonds. The first-order valence-corrected chi connectivity index (χ1v) is 9.63. The van der Waals surface area contributed by atoms with Crippen molar-refractivity contribution in [2.45, 2.75) is 38.6 Å². The van der Waals surface area contributed by atoms with Gasteiger partial charge in [0.15, 0.2) is 5.96 Å². The van der Waals surface area contributed by atoms with Crippen molar-refractivity contribution in [3.63, 3.8) is 0 Å². The second-order valence-electron chi connectivity index (χ2n) is 6.91. The second kappa shape index (κ2) is 8.72. The summed E-state index contributed by atoms with van der Waals surface area (Å²) in [5, 5.41) is 7.59. The van der Waals surface area contributed by atoms with Gasteiger partial charge in [0.25, 0.3) is 0 Å². The summed E-state index contributed by atoms with van der Waals surface area (Å²) in [6, 6.07) is 8.95. The summed E-state index contributed by atoms with van der Waals surface area (Å²) in [6.45, 7) is 7.29. The molecule has 0 bridgehead atoms. The van der Waals surface area contributed by atoms with Crippen molar-refractivity contribution in [2.75, 3.05) is 32.7 Å². The maximum Gasteiger partial charge on any atom is 0.191 e. The third kappa shape index (κ3) is 5.38. The first kappa shape index (κ1) is 17.6. The Balaban J connectivity index is 1.43. The van der Waals surface area contributed by atoms with Gasteiger partial charge in [0.2, 0.25) is 0 Å². The maximum atomic E-state index is 6.04. The zero-order valence-electron chi connectivity index (χ0n) is 14.6. The van der Waals surface area contributed by atoms with Gasteiger partial charge in [0, 0.05) is 37.2 Å². The molecule has 5 heteroatoms. The van der Waals surface area contributed by atoms with Gasteiger partial charge in [-0.05, 0) is 62.8 Å². The van der Waals surface area contributed by atoms with Crippen LogP contribution >= 0.6 is 11.6 Å². The highest BCUT2D eigenvalue weighted by Gasteiger charge is 2.34. The number of nitrogens with zero attached hydrogens (tertiary/aromatic N) is 2. The minimum absolute atomic E-state index is 0.717. The highest BCUT2D eigenvalue weighted by Crippen LogP contribution is 2.31. The highest BCUT2D eigenvalue weighted by molar-refractivity contribution is 6.30. The van der Waals surface area contributed by atoms with Gasteiger partial charge in [-0.3, -0.25) is 4.99 Å². The fraction of sp³-hybridized carbons (Fsp3) is 0.632. The standard InChI is InChI=1S/C19H29ClN4/c1-2-21-19(22-10-8-15-4-3-5-17(20)12-15)23-13-16-9-11-24(14-16)18-6-7-18/h3-5,12,16,18H,2,6-11,13-14H2,1H3,(H2,21,22,23). The molecule has 2 aliphatic rings. The molecule has 1 aliphatic heterocycles. The molecule has 1 saturated carbocycles. The fourth-order valence-corrected chi connectivity index (χ4v) is 3.58. The lowest BCUT2D eigenvalue weighted by atomic mass is 10.1. The van der Waals surface area contributed by atoms with E-state index in [9.17, 15) is 0 Å². The largest absolute Gasteiger partial charge is 0.357 e. The molecule has 4 nitrogen and oxygen atoms in total. The van der Waals surface area contributed by atoms with Crippen LogP contribution in [0.5, 0.6) is 0 Å². The van der Waals surface area contributed by atoms with Crippen molar-refractivity contribution < 1.29 is 0 Å². The zero-order chi connectivity index (χ0) is 16.8. The third-order valence-corrected chi connectivity index (χ3v) is 5.06. The van der Waals surface area contributed by atoms with Crippen molar-refractivity contribution in [1.82, 2.24) is 15.5 Å². The topological polar surface area (TPSA) is 39.7 Å². The van der Waals surface area contributed by atoms with Crippen molar-refractivity contribution in [1.29, 1.82) is 0 Å². The SMILES string of the molecule is CCNC(=NCC1CCN(C2CC2)C1)NCCc1cccc(Cl)c1. The molecule has 0 spiro atoms. The van der Waals surface area contributed by atoms with Crippen LogP contribution in [0.4, 0.5) is 0 Å². The molecule has 1 aliphatic carbocycles. The molecule has 0 aromatic heterocycles. The van der Waals surface area contributed by atoms with Crippen molar-refractivity contribution in [3.05, 3.63) is 34.9 Å². The molecule has 1 aromatic rings. The number of likely N-dealkylation sites (tertiary alicyclic amines) is 1. The van der Waals surface area contributed by atoms with Crippen LogP contribution in [-0.4, -0.2) is 49.6 Å². The maximum absolute atomic E-state index is 6.04. The van der Waals surface area contributed by atoms with Crippen molar-refractivity contribution >= 4 is 17.6 Å². The quantitative estimate of drug-likeness (QED) is 0.588. The monoisotopic (exact) mass is 348 g/mol. The minimum atomic E-state index is 0.717. The van der Waals surface area contributed by atoms with Gasteiger partial charge in [-0.2, -0.15) is 0 Å². The number of guanidine groups is 1. The average Bonchev–Trinajstić information content (AvgIpc) is 3.31. The summed E-state index contributed by atoms with van der Waals surface area (Å²) in [5.74, 6) is 1.65. The van der Waals surface area contributed by atoms with E-state index in [2.05, 4.69) is 28.5 Å². The molecule has 0 radical (unpaired) electrons. The molecule has 24 heavy (non-hydrogen) atoms. The van der Waals surface area contributed by atoms with E-state index in [1.54, 1.807) is 0 Å². The average molecular weight is 349 g/mol. The summed E-state index contributed by atoms with van der Waals surface area (Å²) in [7, 11) is 0. The van der Waals surface area contributed by atoms with E-state index >= 15 is 0 Å². The summed E-state index contributed by atoms with van der Waals surface area (Å²) in [5.41, 5.74) is 1.25. The van der Waals surface area contributed by atoms with E-state index < -0.39 is 0 Å². The smallest absolute Gasteiger partial charge is 0.191 e. The second-order valence-corrected chi connectivity index (χ2v) is 7.34. The molecule has 1 saturated heterocycles. The molecule has 2 N–H and O–H groups in total. The van der Waals surface area contributed by atoms with Crippen LogP contribution < -0.4 is 10.6 Å². The Bertz CT molecular complexity index is 556. The van der Waals surface area contributed by atoms with Crippen LogP contribution in [0.25, 0.3) is 0 Å². The number of nitrogens with one attached hydrogen (secondary N) is 2. The number of hydrogen-bond acceptors (Lipinski definition) is 2. The summed E-state index contributed by atoms with van der Waals surface area (Å²) in [6.07, 6.45) is 5.05. The highest BCUT2D eigenvalue weighted by atomic mass is 35.5. The Morgan fingerprint density at radius 3 is 2.92 bits per heavy atom. The Labute approximate surface area is 150 Å². The van der Waals surface area contributed by atoms with Crippen LogP contribution in [0.15, 0.2) is 29.3 Å². The van der Waals surface area contributed by atoms with Crippen LogP contribution in [0.3, 0.4) is 0 Å². The number of benzene rings is 1. The lowest BCUT2D eigenvalue weighted by Crippen LogP contribution is -2.38. The van der Waals surface area contributed by atoms with E-state index in [0.717, 1.165) is 43.1 Å². The van der Waals surface area contributed by atoms with Crippen LogP contribution in [0, 0.1) is 5.92 Å². The molecule has 2 fully saturated rings. The van der Waals surface area contributed by atoms with Gasteiger partial charge in [0.1, 0.15) is 0 Å². The molecule has 1 aromatic carbocycles. The van der Waals surface area contributed by atoms with Gasteiger partial charge in [0.05, 0.1) is 0 Å². The number of hydrogen-bond donors (Lipinski definition) is 2. The summed E-state index contributed by atoms with van der Waals surface area (Å²) < 4.78 is 0. The van der Waals surface area contributed by atoms with Gasteiger partial charge in [-0.1, -0.05) is 23.7 Å². The van der Waals surface area contributed by atoms with Crippen molar-refractivity contribution in [3.8, 4) is 0 Å². The Kier molecular flexibility index (Phi) is 6.38. The minimum Gasteiger partial charge on any atom is -0.357 e. The van der Waals surface area contributed by atoms with Crippen LogP contribution in [0.1, 0.15) is 31.7 Å². The van der Waals surface area contributed by atoms with E-state index in [1.807, 2.05) is 18.2 Å². The predicted octanol–water partition coefficient (Wildman–Crippen LogP) is 2.92. The van der Waals surface area contributed by atoms with Crippen LogP contribution in [-0.2, 0) is 6.42 Å². The fourth-order valence-electron chi connectivity index (χ4n) is 3.36. The molecule has 1 unspecified atom stereocenters. The third-order valence-electron chi connectivity index (χ3n) is 4.83. The normalized spacial score (nSPS) is 21.9. The molecule has 132 valence electrons. The lowest BCUT2D eigenvalue weighted by molar-refractivity contribution is 0.315. The number of halogens is 1. The van der Waals surface area contributed by atoms with Gasteiger partial charge >= 0.3 is 0 Å². The van der Waals surface area contributed by atoms with Crippen LogP contribution in [0.2, 0.25) is 5.02 Å².